The van der Waals surface area contributed by atoms with Gasteiger partial charge in [0.25, 0.3) is 5.56 Å². The number of hydrogen-bond donors (Lipinski definition) is 0. The molecule has 1 aromatic heterocycles. The summed E-state index contributed by atoms with van der Waals surface area (Å²) in [6, 6.07) is 1.37. The van der Waals surface area contributed by atoms with E-state index in [1.54, 1.807) is 0 Å². The third-order valence-electron chi connectivity index (χ3n) is 0.984. The number of aromatic nitrogens is 1. The largest absolute Gasteiger partial charge is 0.309 e. The van der Waals surface area contributed by atoms with Gasteiger partial charge in [0.2, 0.25) is 0 Å². The number of nitrogens with zero attached hydrogens (tertiary/aromatic N) is 1. The van der Waals surface area contributed by atoms with Crippen molar-refractivity contribution in [1.29, 1.82) is 0 Å². The van der Waals surface area contributed by atoms with Gasteiger partial charge in [-0.05, 0) is 0 Å². The lowest BCUT2D eigenvalue weighted by molar-refractivity contribution is 0.843. The highest BCUT2D eigenvalue weighted by atomic mass is 32.1. The Balaban J connectivity index is 3.62. The smallest absolute Gasteiger partial charge is 0.270 e. The highest BCUT2D eigenvalue weighted by molar-refractivity contribution is 7.06. The Morgan fingerprint density at radius 3 is 2.67 bits per heavy atom. The summed E-state index contributed by atoms with van der Waals surface area (Å²) in [6.45, 7) is 0. The molecular weight excluding hydrogens is 138 g/mol. The number of rotatable bonds is 0. The van der Waals surface area contributed by atoms with Crippen LogP contribution < -0.4 is 10.4 Å². The Morgan fingerprint density at radius 1 is 1.56 bits per heavy atom. The van der Waals surface area contributed by atoms with Crippen LogP contribution in [0, 0.1) is 0 Å². The van der Waals surface area contributed by atoms with Crippen molar-refractivity contribution in [3.8, 4) is 0 Å². The Morgan fingerprint density at radius 2 is 2.22 bits per heavy atom. The van der Waals surface area contributed by atoms with Gasteiger partial charge in [0.15, 0.2) is 0 Å². The van der Waals surface area contributed by atoms with Crippen LogP contribution in [0.3, 0.4) is 0 Å². The highest BCUT2D eigenvalue weighted by Crippen LogP contribution is 1.76. The van der Waals surface area contributed by atoms with Crippen LogP contribution in [0.2, 0.25) is 0 Å². The SMILES string of the molecule is Cn1c(=O)ccsc1=O. The van der Waals surface area contributed by atoms with Crippen LogP contribution in [0.15, 0.2) is 21.0 Å². The second-order valence-electron chi connectivity index (χ2n) is 1.58. The molecule has 3 nitrogen and oxygen atoms in total. The minimum absolute atomic E-state index is 0.220. The topological polar surface area (TPSA) is 39.1 Å². The van der Waals surface area contributed by atoms with Gasteiger partial charge in [-0.3, -0.25) is 14.2 Å². The summed E-state index contributed by atoms with van der Waals surface area (Å²) in [7, 11) is 1.46. The predicted octanol–water partition coefficient (Wildman–Crippen LogP) is -0.193. The molecule has 0 aliphatic carbocycles. The van der Waals surface area contributed by atoms with Crippen molar-refractivity contribution in [3.63, 3.8) is 0 Å². The van der Waals surface area contributed by atoms with Crippen LogP contribution in [-0.2, 0) is 7.05 Å². The molecule has 0 amide bonds. The average Bonchev–Trinajstić information content (AvgIpc) is 1.83. The van der Waals surface area contributed by atoms with Crippen LogP contribution >= 0.6 is 11.3 Å². The van der Waals surface area contributed by atoms with E-state index in [4.69, 9.17) is 0 Å². The minimum Gasteiger partial charge on any atom is -0.270 e. The summed E-state index contributed by atoms with van der Waals surface area (Å²) in [6.07, 6.45) is 0. The van der Waals surface area contributed by atoms with E-state index in [2.05, 4.69) is 0 Å². The van der Waals surface area contributed by atoms with Crippen molar-refractivity contribution in [2.45, 2.75) is 0 Å². The fourth-order valence-corrected chi connectivity index (χ4v) is 0.980. The maximum absolute atomic E-state index is 10.6. The summed E-state index contributed by atoms with van der Waals surface area (Å²) < 4.78 is 1.07. The lowest BCUT2D eigenvalue weighted by Crippen LogP contribution is -2.26. The normalized spacial score (nSPS) is 9.44. The fraction of sp³-hybridized carbons (Fsp3) is 0.200. The minimum atomic E-state index is -0.251. The predicted molar refractivity (Wildman–Crippen MR) is 35.8 cm³/mol. The van der Waals surface area contributed by atoms with E-state index in [1.165, 1.54) is 18.5 Å². The molecule has 0 saturated heterocycles. The van der Waals surface area contributed by atoms with Crippen molar-refractivity contribution in [2.75, 3.05) is 0 Å². The molecule has 0 saturated carbocycles. The Labute approximate surface area is 55.2 Å². The van der Waals surface area contributed by atoms with E-state index in [1.807, 2.05) is 0 Å². The van der Waals surface area contributed by atoms with Crippen molar-refractivity contribution >= 4 is 11.3 Å². The molecule has 0 radical (unpaired) electrons. The van der Waals surface area contributed by atoms with Gasteiger partial charge in [0.05, 0.1) is 0 Å². The Bertz CT molecular complexity index is 283. The van der Waals surface area contributed by atoms with Crippen LogP contribution in [0.25, 0.3) is 0 Å². The molecule has 0 bridgehead atoms. The molecule has 0 fully saturated rings. The molecule has 4 heteroatoms. The van der Waals surface area contributed by atoms with E-state index in [9.17, 15) is 9.59 Å². The van der Waals surface area contributed by atoms with Gasteiger partial charge >= 0.3 is 4.87 Å². The van der Waals surface area contributed by atoms with Gasteiger partial charge in [0.1, 0.15) is 0 Å². The third kappa shape index (κ3) is 1.08. The second kappa shape index (κ2) is 2.14. The van der Waals surface area contributed by atoms with Crippen molar-refractivity contribution in [2.24, 2.45) is 7.05 Å². The zero-order valence-electron chi connectivity index (χ0n) is 4.83. The molecule has 0 atom stereocenters. The highest BCUT2D eigenvalue weighted by Gasteiger charge is 1.89. The maximum Gasteiger partial charge on any atom is 0.309 e. The zero-order valence-corrected chi connectivity index (χ0v) is 5.64. The molecule has 1 rings (SSSR count). The van der Waals surface area contributed by atoms with Crippen molar-refractivity contribution in [3.05, 3.63) is 31.5 Å². The van der Waals surface area contributed by atoms with Crippen LogP contribution in [0.5, 0.6) is 0 Å². The van der Waals surface area contributed by atoms with Crippen LogP contribution in [-0.4, -0.2) is 4.57 Å². The molecule has 0 aliphatic rings. The van der Waals surface area contributed by atoms with Gasteiger partial charge in [-0.2, -0.15) is 0 Å². The summed E-state index contributed by atoms with van der Waals surface area (Å²) in [5.41, 5.74) is -0.251. The first-order valence-electron chi connectivity index (χ1n) is 2.36. The molecule has 0 spiro atoms. The first-order chi connectivity index (χ1) is 4.22. The molecule has 9 heavy (non-hydrogen) atoms. The van der Waals surface area contributed by atoms with E-state index in [0.29, 0.717) is 0 Å². The quantitative estimate of drug-likeness (QED) is 0.505. The fourth-order valence-electron chi connectivity index (χ4n) is 0.431. The lowest BCUT2D eigenvalue weighted by Gasteiger charge is -1.87. The first kappa shape index (κ1) is 6.22. The Kier molecular flexibility index (Phi) is 1.48. The van der Waals surface area contributed by atoms with Gasteiger partial charge < -0.3 is 0 Å². The third-order valence-corrected chi connectivity index (χ3v) is 1.73. The monoisotopic (exact) mass is 143 g/mol. The van der Waals surface area contributed by atoms with Gasteiger partial charge in [-0.25, -0.2) is 0 Å². The maximum atomic E-state index is 10.6. The summed E-state index contributed by atoms with van der Waals surface area (Å²) in [4.78, 5) is 21.0. The van der Waals surface area contributed by atoms with Crippen LogP contribution in [0.4, 0.5) is 0 Å². The zero-order chi connectivity index (χ0) is 6.85. The van der Waals surface area contributed by atoms with Crippen molar-refractivity contribution in [1.82, 2.24) is 4.57 Å². The van der Waals surface area contributed by atoms with Gasteiger partial charge in [-0.1, -0.05) is 11.3 Å². The average molecular weight is 143 g/mol. The first-order valence-corrected chi connectivity index (χ1v) is 3.24. The molecular formula is C5H5NO2S. The van der Waals surface area contributed by atoms with E-state index < -0.39 is 0 Å². The molecule has 0 N–H and O–H groups in total. The number of hydrogen-bond acceptors (Lipinski definition) is 3. The van der Waals surface area contributed by atoms with Gasteiger partial charge in [0, 0.05) is 18.5 Å². The molecule has 48 valence electrons. The standard InChI is InChI=1S/C5H5NO2S/c1-6-4(7)2-3-9-5(6)8/h2-3H,1H3. The lowest BCUT2D eigenvalue weighted by atomic mass is 10.7. The molecule has 1 heterocycles. The Hall–Kier alpha value is -0.900. The van der Waals surface area contributed by atoms with E-state index in [0.717, 1.165) is 15.9 Å². The molecule has 1 aromatic rings. The molecule has 0 aromatic carbocycles. The van der Waals surface area contributed by atoms with E-state index in [-0.39, 0.29) is 10.4 Å². The molecule has 0 aliphatic heterocycles. The van der Waals surface area contributed by atoms with Crippen molar-refractivity contribution < 1.29 is 0 Å². The van der Waals surface area contributed by atoms with Crippen LogP contribution in [0.1, 0.15) is 0 Å². The second-order valence-corrected chi connectivity index (χ2v) is 2.44. The summed E-state index contributed by atoms with van der Waals surface area (Å²) in [5, 5.41) is 1.49. The summed E-state index contributed by atoms with van der Waals surface area (Å²) in [5.74, 6) is 0. The summed E-state index contributed by atoms with van der Waals surface area (Å²) >= 11 is 1.02. The van der Waals surface area contributed by atoms with Gasteiger partial charge in [-0.15, -0.1) is 0 Å². The van der Waals surface area contributed by atoms with E-state index >= 15 is 0 Å². The molecule has 0 unspecified atom stereocenters.